The van der Waals surface area contributed by atoms with Crippen LogP contribution >= 0.6 is 23.2 Å². The number of anilines is 1. The van der Waals surface area contributed by atoms with Crippen LogP contribution in [0.25, 0.3) is 0 Å². The van der Waals surface area contributed by atoms with Gasteiger partial charge in [0.1, 0.15) is 0 Å². The van der Waals surface area contributed by atoms with Gasteiger partial charge in [-0.25, -0.2) is 0 Å². The second-order valence-electron chi connectivity index (χ2n) is 6.89. The van der Waals surface area contributed by atoms with Gasteiger partial charge >= 0.3 is 0 Å². The van der Waals surface area contributed by atoms with E-state index in [1.54, 1.807) is 35.1 Å². The van der Waals surface area contributed by atoms with E-state index in [1.807, 2.05) is 48.1 Å². The van der Waals surface area contributed by atoms with Gasteiger partial charge in [-0.2, -0.15) is 10.2 Å². The predicted molar refractivity (Wildman–Crippen MR) is 118 cm³/mol. The van der Waals surface area contributed by atoms with Gasteiger partial charge in [0.2, 0.25) is 0 Å². The lowest BCUT2D eigenvalue weighted by molar-refractivity contribution is 0.102. The molecule has 2 aromatic heterocycles. The van der Waals surface area contributed by atoms with Crippen LogP contribution in [0.15, 0.2) is 67.0 Å². The van der Waals surface area contributed by atoms with Crippen LogP contribution in [0.4, 0.5) is 5.82 Å². The highest BCUT2D eigenvalue weighted by Gasteiger charge is 2.13. The average Bonchev–Trinajstić information content (AvgIpc) is 3.34. The molecular weight excluding hydrogens is 421 g/mol. The van der Waals surface area contributed by atoms with E-state index in [0.717, 1.165) is 16.8 Å². The van der Waals surface area contributed by atoms with Gasteiger partial charge in [-0.3, -0.25) is 14.2 Å². The van der Waals surface area contributed by atoms with E-state index in [9.17, 15) is 4.79 Å². The van der Waals surface area contributed by atoms with Gasteiger partial charge < -0.3 is 5.32 Å². The number of hydrogen-bond donors (Lipinski definition) is 1. The summed E-state index contributed by atoms with van der Waals surface area (Å²) >= 11 is 12.5. The van der Waals surface area contributed by atoms with Crippen molar-refractivity contribution in [1.82, 2.24) is 19.6 Å². The van der Waals surface area contributed by atoms with E-state index >= 15 is 0 Å². The fourth-order valence-corrected chi connectivity index (χ4v) is 3.66. The van der Waals surface area contributed by atoms with Crippen LogP contribution in [0, 0.1) is 6.92 Å². The van der Waals surface area contributed by atoms with Crippen molar-refractivity contribution in [1.29, 1.82) is 0 Å². The molecule has 0 aliphatic heterocycles. The van der Waals surface area contributed by atoms with Crippen molar-refractivity contribution in [3.8, 4) is 0 Å². The van der Waals surface area contributed by atoms with Gasteiger partial charge in [-0.1, -0.05) is 41.4 Å². The molecule has 152 valence electrons. The summed E-state index contributed by atoms with van der Waals surface area (Å²) in [5.41, 5.74) is 3.22. The Bertz CT molecular complexity index is 1160. The normalized spacial score (nSPS) is 10.9. The first-order chi connectivity index (χ1) is 14.5. The van der Waals surface area contributed by atoms with E-state index in [1.165, 1.54) is 0 Å². The Balaban J connectivity index is 1.48. The Kier molecular flexibility index (Phi) is 5.88. The van der Waals surface area contributed by atoms with E-state index < -0.39 is 0 Å². The molecule has 4 aromatic rings. The molecule has 8 heteroatoms. The number of aryl methyl sites for hydroxylation is 1. The molecule has 4 rings (SSSR count). The largest absolute Gasteiger partial charge is 0.305 e. The number of aromatic nitrogens is 4. The highest BCUT2D eigenvalue weighted by atomic mass is 35.5. The smallest absolute Gasteiger partial charge is 0.256 e. The highest BCUT2D eigenvalue weighted by Crippen LogP contribution is 2.26. The summed E-state index contributed by atoms with van der Waals surface area (Å²) in [6, 6.07) is 16.5. The molecule has 0 bridgehead atoms. The maximum atomic E-state index is 12.7. The summed E-state index contributed by atoms with van der Waals surface area (Å²) in [6.45, 7) is 2.93. The summed E-state index contributed by atoms with van der Waals surface area (Å²) in [5, 5.41) is 12.7. The molecule has 0 unspecified atom stereocenters. The van der Waals surface area contributed by atoms with Crippen molar-refractivity contribution in [2.75, 3.05) is 5.32 Å². The fourth-order valence-electron chi connectivity index (χ4n) is 3.14. The molecular formula is C22H19Cl2N5O. The SMILES string of the molecule is Cc1cc(NC(=O)c2cccc(Cn3cccn3)c2)nn1Cc1c(Cl)cccc1Cl. The van der Waals surface area contributed by atoms with Gasteiger partial charge in [0.25, 0.3) is 5.91 Å². The minimum atomic E-state index is -0.224. The second-order valence-corrected chi connectivity index (χ2v) is 7.70. The minimum Gasteiger partial charge on any atom is -0.305 e. The van der Waals surface area contributed by atoms with Gasteiger partial charge in [-0.15, -0.1) is 0 Å². The second kappa shape index (κ2) is 8.73. The van der Waals surface area contributed by atoms with E-state index in [-0.39, 0.29) is 5.91 Å². The number of amides is 1. The predicted octanol–water partition coefficient (Wildman–Crippen LogP) is 5.04. The molecule has 0 aliphatic rings. The molecule has 2 heterocycles. The van der Waals surface area contributed by atoms with Crippen LogP contribution in [0.5, 0.6) is 0 Å². The molecule has 0 aliphatic carbocycles. The summed E-state index contributed by atoms with van der Waals surface area (Å²) in [7, 11) is 0. The van der Waals surface area contributed by atoms with Crippen molar-refractivity contribution < 1.29 is 4.79 Å². The van der Waals surface area contributed by atoms with Gasteiger partial charge in [0.05, 0.1) is 13.1 Å². The maximum absolute atomic E-state index is 12.7. The fraction of sp³-hybridized carbons (Fsp3) is 0.136. The number of nitrogens with zero attached hydrogens (tertiary/aromatic N) is 4. The molecule has 0 spiro atoms. The third kappa shape index (κ3) is 4.56. The van der Waals surface area contributed by atoms with Crippen LogP contribution in [-0.2, 0) is 13.1 Å². The molecule has 0 saturated heterocycles. The topological polar surface area (TPSA) is 64.7 Å². The zero-order valence-electron chi connectivity index (χ0n) is 16.2. The first-order valence-electron chi connectivity index (χ1n) is 9.34. The molecule has 30 heavy (non-hydrogen) atoms. The first-order valence-corrected chi connectivity index (χ1v) is 10.1. The molecule has 0 atom stereocenters. The van der Waals surface area contributed by atoms with E-state index in [2.05, 4.69) is 15.5 Å². The van der Waals surface area contributed by atoms with E-state index in [4.69, 9.17) is 23.2 Å². The Morgan fingerprint density at radius 2 is 1.80 bits per heavy atom. The summed E-state index contributed by atoms with van der Waals surface area (Å²) < 4.78 is 3.57. The van der Waals surface area contributed by atoms with Crippen LogP contribution < -0.4 is 5.32 Å². The van der Waals surface area contributed by atoms with Crippen LogP contribution in [-0.4, -0.2) is 25.5 Å². The third-order valence-electron chi connectivity index (χ3n) is 4.69. The lowest BCUT2D eigenvalue weighted by atomic mass is 10.1. The average molecular weight is 440 g/mol. The van der Waals surface area contributed by atoms with Crippen molar-refractivity contribution in [2.24, 2.45) is 0 Å². The zero-order valence-corrected chi connectivity index (χ0v) is 17.7. The molecule has 0 fully saturated rings. The van der Waals surface area contributed by atoms with Crippen molar-refractivity contribution >= 4 is 34.9 Å². The lowest BCUT2D eigenvalue weighted by Gasteiger charge is -2.08. The monoisotopic (exact) mass is 439 g/mol. The Morgan fingerprint density at radius 3 is 2.53 bits per heavy atom. The number of nitrogens with one attached hydrogen (secondary N) is 1. The summed E-state index contributed by atoms with van der Waals surface area (Å²) in [4.78, 5) is 12.7. The molecule has 6 nitrogen and oxygen atoms in total. The van der Waals surface area contributed by atoms with Gasteiger partial charge in [-0.05, 0) is 42.8 Å². The Morgan fingerprint density at radius 1 is 1.03 bits per heavy atom. The molecule has 1 amide bonds. The lowest BCUT2D eigenvalue weighted by Crippen LogP contribution is -2.13. The number of benzene rings is 2. The quantitative estimate of drug-likeness (QED) is 0.457. The standard InChI is InChI=1S/C22H19Cl2N5O/c1-15-11-21(27-29(15)14-18-19(23)7-3-8-20(18)24)26-22(30)17-6-2-5-16(12-17)13-28-10-4-9-25-28/h2-12H,13-14H2,1H3,(H,26,27,30). The zero-order chi connectivity index (χ0) is 21.1. The van der Waals surface area contributed by atoms with Crippen LogP contribution in [0.2, 0.25) is 10.0 Å². The molecule has 1 N–H and O–H groups in total. The van der Waals surface area contributed by atoms with Crippen LogP contribution in [0.3, 0.4) is 0 Å². The number of carbonyl (C=O) groups excluding carboxylic acids is 1. The number of halogens is 2. The summed E-state index contributed by atoms with van der Waals surface area (Å²) in [5.74, 6) is 0.246. The first kappa shape index (κ1) is 20.2. The summed E-state index contributed by atoms with van der Waals surface area (Å²) in [6.07, 6.45) is 3.61. The van der Waals surface area contributed by atoms with Crippen LogP contribution in [0.1, 0.15) is 27.2 Å². The Labute approximate surface area is 184 Å². The van der Waals surface area contributed by atoms with Crippen molar-refractivity contribution in [2.45, 2.75) is 20.0 Å². The van der Waals surface area contributed by atoms with Gasteiger partial charge in [0.15, 0.2) is 5.82 Å². The molecule has 0 radical (unpaired) electrons. The number of rotatable bonds is 6. The van der Waals surface area contributed by atoms with Crippen molar-refractivity contribution in [3.05, 3.63) is 99.4 Å². The van der Waals surface area contributed by atoms with E-state index in [0.29, 0.717) is 34.5 Å². The van der Waals surface area contributed by atoms with Gasteiger partial charge in [0, 0.05) is 45.3 Å². The molecule has 2 aromatic carbocycles. The minimum absolute atomic E-state index is 0.224. The third-order valence-corrected chi connectivity index (χ3v) is 5.39. The molecule has 0 saturated carbocycles. The Hall–Kier alpha value is -3.09. The number of carbonyl (C=O) groups is 1. The maximum Gasteiger partial charge on any atom is 0.256 e. The number of hydrogen-bond acceptors (Lipinski definition) is 3. The highest BCUT2D eigenvalue weighted by molar-refractivity contribution is 6.35. The van der Waals surface area contributed by atoms with Crippen molar-refractivity contribution in [3.63, 3.8) is 0 Å².